The Labute approximate surface area is 136 Å². The normalized spacial score (nSPS) is 11.5. The first kappa shape index (κ1) is 18.7. The molecule has 1 aromatic rings. The fourth-order valence-electron chi connectivity index (χ4n) is 2.13. The lowest BCUT2D eigenvalue weighted by molar-refractivity contribution is -0.141. The van der Waals surface area contributed by atoms with Crippen LogP contribution in [0.1, 0.15) is 43.0 Å². The molecule has 2 amide bonds. The minimum atomic E-state index is -0.887. The molecule has 6 nitrogen and oxygen atoms in total. The Morgan fingerprint density at radius 2 is 1.83 bits per heavy atom. The molecule has 0 aliphatic heterocycles. The summed E-state index contributed by atoms with van der Waals surface area (Å²) >= 11 is 0. The topological polar surface area (TPSA) is 95.5 Å². The van der Waals surface area contributed by atoms with Crippen LogP contribution in [0.5, 0.6) is 0 Å². The zero-order valence-electron chi connectivity index (χ0n) is 13.4. The summed E-state index contributed by atoms with van der Waals surface area (Å²) in [5, 5.41) is 14.4. The first-order valence-corrected chi connectivity index (χ1v) is 7.87. The second-order valence-corrected chi connectivity index (χ2v) is 5.35. The number of aliphatic carboxylic acids is 1. The lowest BCUT2D eigenvalue weighted by Crippen LogP contribution is -2.33. The highest BCUT2D eigenvalue weighted by Gasteiger charge is 2.16. The molecule has 0 aliphatic carbocycles. The summed E-state index contributed by atoms with van der Waals surface area (Å²) in [6.07, 6.45) is 2.07. The lowest BCUT2D eigenvalue weighted by Gasteiger charge is -2.12. The molecule has 0 bridgehead atoms. The van der Waals surface area contributed by atoms with Crippen LogP contribution in [-0.4, -0.2) is 36.0 Å². The molecule has 1 atom stereocenters. The molecule has 3 N–H and O–H groups in total. The Balaban J connectivity index is 2.19. The standard InChI is InChI=1S/C17H24N2O4/c1-2-7-14(17(22)23)12-19-15(20)10-6-11-18-16(21)13-8-4-3-5-9-13/h3-5,8-9,14H,2,6-7,10-12H2,1H3,(H,18,21)(H,19,20)(H,22,23). The van der Waals surface area contributed by atoms with E-state index in [-0.39, 0.29) is 24.8 Å². The Morgan fingerprint density at radius 1 is 1.13 bits per heavy atom. The molecule has 1 unspecified atom stereocenters. The average molecular weight is 320 g/mol. The number of benzene rings is 1. The largest absolute Gasteiger partial charge is 0.481 e. The number of carbonyl (C=O) groups is 3. The van der Waals surface area contributed by atoms with E-state index in [1.165, 1.54) is 0 Å². The Kier molecular flexibility index (Phi) is 8.42. The molecule has 0 spiro atoms. The van der Waals surface area contributed by atoms with Gasteiger partial charge in [-0.1, -0.05) is 31.5 Å². The highest BCUT2D eigenvalue weighted by Crippen LogP contribution is 2.05. The lowest BCUT2D eigenvalue weighted by atomic mass is 10.0. The van der Waals surface area contributed by atoms with Crippen molar-refractivity contribution in [2.45, 2.75) is 32.6 Å². The predicted molar refractivity (Wildman–Crippen MR) is 87.1 cm³/mol. The fourth-order valence-corrected chi connectivity index (χ4v) is 2.13. The van der Waals surface area contributed by atoms with Gasteiger partial charge in [-0.05, 0) is 25.0 Å². The Bertz CT molecular complexity index is 517. The van der Waals surface area contributed by atoms with Crippen molar-refractivity contribution in [2.24, 2.45) is 5.92 Å². The van der Waals surface area contributed by atoms with E-state index in [9.17, 15) is 14.4 Å². The second-order valence-electron chi connectivity index (χ2n) is 5.35. The predicted octanol–water partition coefficient (Wildman–Crippen LogP) is 1.81. The van der Waals surface area contributed by atoms with E-state index in [2.05, 4.69) is 10.6 Å². The molecule has 1 rings (SSSR count). The van der Waals surface area contributed by atoms with Crippen molar-refractivity contribution in [1.29, 1.82) is 0 Å². The molecule has 0 saturated heterocycles. The van der Waals surface area contributed by atoms with Gasteiger partial charge in [-0.2, -0.15) is 0 Å². The number of rotatable bonds is 10. The van der Waals surface area contributed by atoms with Crippen LogP contribution in [0.2, 0.25) is 0 Å². The fraction of sp³-hybridized carbons (Fsp3) is 0.471. The first-order chi connectivity index (χ1) is 11.0. The minimum Gasteiger partial charge on any atom is -0.481 e. The van der Waals surface area contributed by atoms with Crippen LogP contribution in [0.3, 0.4) is 0 Å². The van der Waals surface area contributed by atoms with Crippen molar-refractivity contribution >= 4 is 17.8 Å². The zero-order chi connectivity index (χ0) is 17.1. The number of carboxylic acid groups (broad SMARTS) is 1. The number of amides is 2. The minimum absolute atomic E-state index is 0.151. The van der Waals surface area contributed by atoms with Crippen molar-refractivity contribution in [3.05, 3.63) is 35.9 Å². The smallest absolute Gasteiger partial charge is 0.308 e. The summed E-state index contributed by atoms with van der Waals surface area (Å²) in [4.78, 5) is 34.4. The molecule has 6 heteroatoms. The van der Waals surface area contributed by atoms with E-state index in [1.807, 2.05) is 13.0 Å². The van der Waals surface area contributed by atoms with Gasteiger partial charge in [0.05, 0.1) is 5.92 Å². The average Bonchev–Trinajstić information content (AvgIpc) is 2.55. The summed E-state index contributed by atoms with van der Waals surface area (Å²) in [6.45, 7) is 2.46. The molecule has 0 radical (unpaired) electrons. The summed E-state index contributed by atoms with van der Waals surface area (Å²) in [7, 11) is 0. The van der Waals surface area contributed by atoms with Crippen LogP contribution >= 0.6 is 0 Å². The quantitative estimate of drug-likeness (QED) is 0.573. The van der Waals surface area contributed by atoms with Crippen LogP contribution < -0.4 is 10.6 Å². The van der Waals surface area contributed by atoms with Gasteiger partial charge < -0.3 is 15.7 Å². The molecule has 0 fully saturated rings. The molecule has 0 saturated carbocycles. The number of carboxylic acids is 1. The van der Waals surface area contributed by atoms with E-state index in [0.29, 0.717) is 24.9 Å². The van der Waals surface area contributed by atoms with Gasteiger partial charge in [-0.15, -0.1) is 0 Å². The molecule has 0 aromatic heterocycles. The third-order valence-electron chi connectivity index (χ3n) is 3.43. The molecule has 126 valence electrons. The highest BCUT2D eigenvalue weighted by atomic mass is 16.4. The van der Waals surface area contributed by atoms with E-state index >= 15 is 0 Å². The van der Waals surface area contributed by atoms with Gasteiger partial charge in [0.2, 0.25) is 5.91 Å². The second kappa shape index (κ2) is 10.4. The maximum absolute atomic E-state index is 11.8. The van der Waals surface area contributed by atoms with Crippen molar-refractivity contribution in [2.75, 3.05) is 13.1 Å². The molecule has 0 heterocycles. The summed E-state index contributed by atoms with van der Waals surface area (Å²) in [5.74, 6) is -1.79. The van der Waals surface area contributed by atoms with Gasteiger partial charge in [0, 0.05) is 25.1 Å². The Morgan fingerprint density at radius 3 is 2.43 bits per heavy atom. The van der Waals surface area contributed by atoms with Crippen molar-refractivity contribution < 1.29 is 19.5 Å². The molecule has 23 heavy (non-hydrogen) atoms. The van der Waals surface area contributed by atoms with Gasteiger partial charge >= 0.3 is 5.97 Å². The van der Waals surface area contributed by atoms with Crippen LogP contribution in [0.15, 0.2) is 30.3 Å². The van der Waals surface area contributed by atoms with Gasteiger partial charge in [0.1, 0.15) is 0 Å². The molecule has 1 aromatic carbocycles. The number of hydrogen-bond acceptors (Lipinski definition) is 3. The number of nitrogens with one attached hydrogen (secondary N) is 2. The highest BCUT2D eigenvalue weighted by molar-refractivity contribution is 5.94. The van der Waals surface area contributed by atoms with Gasteiger partial charge in [0.15, 0.2) is 0 Å². The van der Waals surface area contributed by atoms with Gasteiger partial charge in [0.25, 0.3) is 5.91 Å². The van der Waals surface area contributed by atoms with E-state index in [0.717, 1.165) is 6.42 Å². The third kappa shape index (κ3) is 7.44. The molecule has 0 aliphatic rings. The summed E-state index contributed by atoms with van der Waals surface area (Å²) < 4.78 is 0. The van der Waals surface area contributed by atoms with E-state index < -0.39 is 11.9 Å². The van der Waals surface area contributed by atoms with E-state index in [1.54, 1.807) is 24.3 Å². The van der Waals surface area contributed by atoms with Crippen LogP contribution in [0.25, 0.3) is 0 Å². The number of carbonyl (C=O) groups excluding carboxylic acids is 2. The van der Waals surface area contributed by atoms with E-state index in [4.69, 9.17) is 5.11 Å². The van der Waals surface area contributed by atoms with Crippen LogP contribution in [0, 0.1) is 5.92 Å². The van der Waals surface area contributed by atoms with Crippen molar-refractivity contribution in [3.63, 3.8) is 0 Å². The van der Waals surface area contributed by atoms with Gasteiger partial charge in [-0.3, -0.25) is 14.4 Å². The summed E-state index contributed by atoms with van der Waals surface area (Å²) in [6, 6.07) is 8.86. The van der Waals surface area contributed by atoms with Crippen LogP contribution in [0.4, 0.5) is 0 Å². The Hall–Kier alpha value is -2.37. The maximum Gasteiger partial charge on any atom is 0.308 e. The summed E-state index contributed by atoms with van der Waals surface area (Å²) in [5.41, 5.74) is 0.584. The zero-order valence-corrected chi connectivity index (χ0v) is 13.4. The SMILES string of the molecule is CCCC(CNC(=O)CCCNC(=O)c1ccccc1)C(=O)O. The molecular formula is C17H24N2O4. The van der Waals surface area contributed by atoms with Crippen LogP contribution in [-0.2, 0) is 9.59 Å². The van der Waals surface area contributed by atoms with Crippen molar-refractivity contribution in [3.8, 4) is 0 Å². The molecular weight excluding hydrogens is 296 g/mol. The van der Waals surface area contributed by atoms with Gasteiger partial charge in [-0.25, -0.2) is 0 Å². The van der Waals surface area contributed by atoms with Crippen molar-refractivity contribution in [1.82, 2.24) is 10.6 Å². The monoisotopic (exact) mass is 320 g/mol. The first-order valence-electron chi connectivity index (χ1n) is 7.87. The number of hydrogen-bond donors (Lipinski definition) is 3. The maximum atomic E-state index is 11.8. The third-order valence-corrected chi connectivity index (χ3v) is 3.43.